The number of benzene rings is 2. The first-order valence-corrected chi connectivity index (χ1v) is 7.52. The third kappa shape index (κ3) is 1.90. The molecule has 6 heteroatoms. The third-order valence-corrected chi connectivity index (χ3v) is 4.20. The van der Waals surface area contributed by atoms with Crippen molar-refractivity contribution < 1.29 is 5.11 Å². The number of fused-ring (bicyclic) bond motifs is 2. The van der Waals surface area contributed by atoms with Crippen molar-refractivity contribution >= 4 is 44.5 Å². The zero-order valence-corrected chi connectivity index (χ0v) is 13.3. The quantitative estimate of drug-likeness (QED) is 0.490. The van der Waals surface area contributed by atoms with Crippen LogP contribution in [0.15, 0.2) is 36.4 Å². The van der Waals surface area contributed by atoms with Crippen molar-refractivity contribution in [2.75, 3.05) is 0 Å². The van der Waals surface area contributed by atoms with Gasteiger partial charge in [-0.05, 0) is 52.9 Å². The normalized spacial score (nSPS) is 11.5. The van der Waals surface area contributed by atoms with Crippen LogP contribution in [0.3, 0.4) is 0 Å². The van der Waals surface area contributed by atoms with Gasteiger partial charge in [-0.25, -0.2) is 4.98 Å². The van der Waals surface area contributed by atoms with Crippen LogP contribution in [0, 0.1) is 3.57 Å². The molecular formula is C15H11IN4O. The van der Waals surface area contributed by atoms with Gasteiger partial charge in [0.05, 0.1) is 11.0 Å². The molecule has 0 unspecified atom stereocenters. The number of nitrogens with zero attached hydrogens (tertiary/aromatic N) is 3. The van der Waals surface area contributed by atoms with E-state index in [2.05, 4.69) is 49.8 Å². The van der Waals surface area contributed by atoms with Crippen LogP contribution < -0.4 is 0 Å². The van der Waals surface area contributed by atoms with Gasteiger partial charge in [-0.1, -0.05) is 6.07 Å². The molecule has 2 aromatic carbocycles. The molecular weight excluding hydrogens is 379 g/mol. The number of hydrogen-bond donors (Lipinski definition) is 2. The average Bonchev–Trinajstić information content (AvgIpc) is 3.01. The minimum atomic E-state index is 0.171. The first kappa shape index (κ1) is 12.6. The topological polar surface area (TPSA) is 66.7 Å². The van der Waals surface area contributed by atoms with Gasteiger partial charge in [0.25, 0.3) is 0 Å². The number of phenolic OH excluding ortho intramolecular Hbond substituents is 1. The summed E-state index contributed by atoms with van der Waals surface area (Å²) in [7, 11) is 1.92. The van der Waals surface area contributed by atoms with Crippen LogP contribution in [0.25, 0.3) is 33.5 Å². The smallest absolute Gasteiger partial charge is 0.159 e. The lowest BCUT2D eigenvalue weighted by Gasteiger charge is -1.94. The lowest BCUT2D eigenvalue weighted by Crippen LogP contribution is -1.90. The van der Waals surface area contributed by atoms with Gasteiger partial charge >= 0.3 is 0 Å². The number of aromatic nitrogens is 4. The standard InChI is InChI=1S/C15H11IN4O/c1-20-11-6-5-8(16)7-9(11)13(19-20)15-17-10-3-2-4-12(21)14(10)18-15/h2-7,21H,1H3,(H,17,18). The molecule has 0 bridgehead atoms. The fraction of sp³-hybridized carbons (Fsp3) is 0.0667. The van der Waals surface area contributed by atoms with E-state index >= 15 is 0 Å². The van der Waals surface area contributed by atoms with Gasteiger partial charge in [0.1, 0.15) is 17.0 Å². The van der Waals surface area contributed by atoms with Crippen molar-refractivity contribution in [1.82, 2.24) is 19.7 Å². The van der Waals surface area contributed by atoms with Gasteiger partial charge in [-0.3, -0.25) is 4.68 Å². The molecule has 0 aliphatic heterocycles. The molecule has 21 heavy (non-hydrogen) atoms. The van der Waals surface area contributed by atoms with E-state index in [1.54, 1.807) is 12.1 Å². The average molecular weight is 390 g/mol. The van der Waals surface area contributed by atoms with Crippen molar-refractivity contribution in [3.8, 4) is 17.3 Å². The highest BCUT2D eigenvalue weighted by Gasteiger charge is 2.15. The van der Waals surface area contributed by atoms with E-state index in [0.29, 0.717) is 11.3 Å². The number of H-pyrrole nitrogens is 1. The van der Waals surface area contributed by atoms with Crippen LogP contribution in [0.2, 0.25) is 0 Å². The summed E-state index contributed by atoms with van der Waals surface area (Å²) in [6, 6.07) is 11.5. The van der Waals surface area contributed by atoms with Crippen molar-refractivity contribution in [3.63, 3.8) is 0 Å². The predicted molar refractivity (Wildman–Crippen MR) is 90.2 cm³/mol. The molecule has 0 atom stereocenters. The molecule has 104 valence electrons. The van der Waals surface area contributed by atoms with Crippen LogP contribution in [0.5, 0.6) is 5.75 Å². The number of hydrogen-bond acceptors (Lipinski definition) is 3. The minimum Gasteiger partial charge on any atom is -0.506 e. The summed E-state index contributed by atoms with van der Waals surface area (Å²) in [5.41, 5.74) is 3.21. The van der Waals surface area contributed by atoms with Crippen LogP contribution in [0.1, 0.15) is 0 Å². The second-order valence-corrected chi connectivity index (χ2v) is 6.14. The van der Waals surface area contributed by atoms with Crippen molar-refractivity contribution in [2.45, 2.75) is 0 Å². The number of rotatable bonds is 1. The lowest BCUT2D eigenvalue weighted by molar-refractivity contribution is 0.480. The predicted octanol–water partition coefficient (Wildman–Crippen LogP) is 3.43. The van der Waals surface area contributed by atoms with E-state index in [0.717, 1.165) is 25.7 Å². The van der Waals surface area contributed by atoms with Gasteiger partial charge in [0, 0.05) is 16.0 Å². The molecule has 0 spiro atoms. The summed E-state index contributed by atoms with van der Waals surface area (Å²) in [4.78, 5) is 7.72. The maximum atomic E-state index is 9.88. The minimum absolute atomic E-state index is 0.171. The molecule has 0 fully saturated rings. The Balaban J connectivity index is 2.04. The Kier molecular flexibility index (Phi) is 2.68. The van der Waals surface area contributed by atoms with Gasteiger partial charge in [-0.15, -0.1) is 0 Å². The third-order valence-electron chi connectivity index (χ3n) is 3.53. The molecule has 0 saturated carbocycles. The molecule has 4 rings (SSSR count). The van der Waals surface area contributed by atoms with Crippen molar-refractivity contribution in [3.05, 3.63) is 40.0 Å². The zero-order chi connectivity index (χ0) is 14.6. The second kappa shape index (κ2) is 4.45. The summed E-state index contributed by atoms with van der Waals surface area (Å²) < 4.78 is 2.99. The van der Waals surface area contributed by atoms with E-state index in [1.165, 1.54) is 0 Å². The molecule has 4 aromatic rings. The van der Waals surface area contributed by atoms with Crippen LogP contribution in [0.4, 0.5) is 0 Å². The monoisotopic (exact) mass is 390 g/mol. The fourth-order valence-electron chi connectivity index (χ4n) is 2.54. The highest BCUT2D eigenvalue weighted by Crippen LogP contribution is 2.30. The highest BCUT2D eigenvalue weighted by molar-refractivity contribution is 14.1. The summed E-state index contributed by atoms with van der Waals surface area (Å²) in [6.45, 7) is 0. The van der Waals surface area contributed by atoms with E-state index < -0.39 is 0 Å². The molecule has 0 aliphatic carbocycles. The first-order valence-electron chi connectivity index (χ1n) is 6.44. The Morgan fingerprint density at radius 1 is 1.24 bits per heavy atom. The van der Waals surface area contributed by atoms with E-state index in [1.807, 2.05) is 23.9 Å². The summed E-state index contributed by atoms with van der Waals surface area (Å²) in [5.74, 6) is 0.837. The number of aromatic amines is 1. The summed E-state index contributed by atoms with van der Waals surface area (Å²) in [5, 5.41) is 15.5. The molecule has 2 N–H and O–H groups in total. The summed E-state index contributed by atoms with van der Waals surface area (Å²) in [6.07, 6.45) is 0. The lowest BCUT2D eigenvalue weighted by atomic mass is 10.2. The molecule has 2 aromatic heterocycles. The van der Waals surface area contributed by atoms with Gasteiger partial charge in [0.2, 0.25) is 0 Å². The Morgan fingerprint density at radius 2 is 2.10 bits per heavy atom. The number of imidazole rings is 1. The van der Waals surface area contributed by atoms with Crippen LogP contribution >= 0.6 is 22.6 Å². The van der Waals surface area contributed by atoms with Gasteiger partial charge in [0.15, 0.2) is 5.82 Å². The second-order valence-electron chi connectivity index (χ2n) is 4.89. The van der Waals surface area contributed by atoms with Gasteiger partial charge < -0.3 is 10.1 Å². The number of para-hydroxylation sites is 1. The Bertz CT molecular complexity index is 986. The van der Waals surface area contributed by atoms with Crippen LogP contribution in [-0.4, -0.2) is 24.9 Å². The van der Waals surface area contributed by atoms with Gasteiger partial charge in [-0.2, -0.15) is 5.10 Å². The Labute approximate surface area is 133 Å². The first-order chi connectivity index (χ1) is 10.1. The molecule has 2 heterocycles. The number of phenols is 1. The van der Waals surface area contributed by atoms with E-state index in [4.69, 9.17) is 0 Å². The Hall–Kier alpha value is -2.09. The van der Waals surface area contributed by atoms with Crippen LogP contribution in [-0.2, 0) is 7.05 Å². The highest BCUT2D eigenvalue weighted by atomic mass is 127. The molecule has 5 nitrogen and oxygen atoms in total. The fourth-order valence-corrected chi connectivity index (χ4v) is 3.03. The molecule has 0 amide bonds. The number of nitrogens with one attached hydrogen (secondary N) is 1. The summed E-state index contributed by atoms with van der Waals surface area (Å²) >= 11 is 2.29. The van der Waals surface area contributed by atoms with E-state index in [-0.39, 0.29) is 5.75 Å². The van der Waals surface area contributed by atoms with Crippen molar-refractivity contribution in [1.29, 1.82) is 0 Å². The number of aryl methyl sites for hydroxylation is 1. The molecule has 0 radical (unpaired) electrons. The number of aromatic hydroxyl groups is 1. The SMILES string of the molecule is Cn1nc(-c2nc3c(O)cccc3[nH]2)c2cc(I)ccc21. The molecule has 0 saturated heterocycles. The largest absolute Gasteiger partial charge is 0.506 e. The Morgan fingerprint density at radius 3 is 2.90 bits per heavy atom. The zero-order valence-electron chi connectivity index (χ0n) is 11.1. The van der Waals surface area contributed by atoms with Crippen molar-refractivity contribution in [2.24, 2.45) is 7.05 Å². The molecule has 0 aliphatic rings. The maximum absolute atomic E-state index is 9.88. The number of halogens is 1. The maximum Gasteiger partial charge on any atom is 0.159 e. The van der Waals surface area contributed by atoms with E-state index in [9.17, 15) is 5.11 Å².